The highest BCUT2D eigenvalue weighted by molar-refractivity contribution is 6.01. The van der Waals surface area contributed by atoms with Crippen molar-refractivity contribution >= 4 is 22.8 Å². The molecule has 0 atom stereocenters. The monoisotopic (exact) mass is 277 g/mol. The van der Waals surface area contributed by atoms with Gasteiger partial charge in [0.25, 0.3) is 0 Å². The number of nitrogens with one attached hydrogen (secondary N) is 1. The van der Waals surface area contributed by atoms with Crippen LogP contribution in [0, 0.1) is 0 Å². The second kappa shape index (κ2) is 5.64. The number of H-pyrrole nitrogens is 1. The fourth-order valence-corrected chi connectivity index (χ4v) is 1.93. The smallest absolute Gasteiger partial charge is 0.358 e. The van der Waals surface area contributed by atoms with Crippen LogP contribution in [0.5, 0.6) is 11.5 Å². The predicted molar refractivity (Wildman–Crippen MR) is 72.1 cm³/mol. The first-order valence-corrected chi connectivity index (χ1v) is 6.12. The quantitative estimate of drug-likeness (QED) is 0.685. The van der Waals surface area contributed by atoms with Crippen LogP contribution in [-0.2, 0) is 9.53 Å². The Morgan fingerprint density at radius 1 is 1.30 bits per heavy atom. The van der Waals surface area contributed by atoms with Crippen LogP contribution < -0.4 is 9.47 Å². The van der Waals surface area contributed by atoms with Crippen LogP contribution in [0.4, 0.5) is 0 Å². The summed E-state index contributed by atoms with van der Waals surface area (Å²) in [4.78, 5) is 25.7. The molecule has 0 bridgehead atoms. The molecule has 0 unspecified atom stereocenters. The third-order valence-corrected chi connectivity index (χ3v) is 2.67. The number of hydrogen-bond acceptors (Lipinski definition) is 5. The van der Waals surface area contributed by atoms with Crippen molar-refractivity contribution in [2.24, 2.45) is 0 Å². The van der Waals surface area contributed by atoms with Gasteiger partial charge < -0.3 is 19.2 Å². The lowest BCUT2D eigenvalue weighted by molar-refractivity contribution is -0.131. The van der Waals surface area contributed by atoms with E-state index in [-0.39, 0.29) is 12.3 Å². The molecule has 6 nitrogen and oxygen atoms in total. The summed E-state index contributed by atoms with van der Waals surface area (Å²) in [5, 5.41) is 0.648. The predicted octanol–water partition coefficient (Wildman–Crippen LogP) is 2.28. The molecule has 20 heavy (non-hydrogen) atoms. The van der Waals surface area contributed by atoms with Crippen molar-refractivity contribution in [2.75, 3.05) is 13.7 Å². The van der Waals surface area contributed by atoms with Crippen LogP contribution in [0.25, 0.3) is 10.9 Å². The highest BCUT2D eigenvalue weighted by atomic mass is 16.5. The summed E-state index contributed by atoms with van der Waals surface area (Å²) >= 11 is 0. The van der Waals surface area contributed by atoms with E-state index in [0.717, 1.165) is 0 Å². The molecule has 1 aromatic carbocycles. The van der Waals surface area contributed by atoms with Gasteiger partial charge in [0.2, 0.25) is 0 Å². The summed E-state index contributed by atoms with van der Waals surface area (Å²) in [6, 6.07) is 4.97. The standard InChI is InChI=1S/C14H15NO5/c1-4-19-14(17)12-13(18-3)10-7-9(20-8(2)16)5-6-11(10)15-12/h5-7,15H,4H2,1-3H3. The molecule has 1 heterocycles. The van der Waals surface area contributed by atoms with Crippen molar-refractivity contribution in [3.63, 3.8) is 0 Å². The summed E-state index contributed by atoms with van der Waals surface area (Å²) < 4.78 is 15.2. The lowest BCUT2D eigenvalue weighted by atomic mass is 10.2. The van der Waals surface area contributed by atoms with E-state index in [1.165, 1.54) is 14.0 Å². The number of aromatic nitrogens is 1. The number of hydrogen-bond donors (Lipinski definition) is 1. The van der Waals surface area contributed by atoms with E-state index in [1.807, 2.05) is 0 Å². The van der Waals surface area contributed by atoms with E-state index in [9.17, 15) is 9.59 Å². The Labute approximate surface area is 115 Å². The molecule has 0 amide bonds. The van der Waals surface area contributed by atoms with E-state index in [0.29, 0.717) is 22.4 Å². The van der Waals surface area contributed by atoms with Gasteiger partial charge in [0, 0.05) is 12.3 Å². The zero-order valence-corrected chi connectivity index (χ0v) is 11.5. The first-order valence-electron chi connectivity index (χ1n) is 6.12. The molecule has 0 spiro atoms. The van der Waals surface area contributed by atoms with Gasteiger partial charge in [0.1, 0.15) is 5.75 Å². The molecule has 0 radical (unpaired) electrons. The summed E-state index contributed by atoms with van der Waals surface area (Å²) in [7, 11) is 1.46. The maximum Gasteiger partial charge on any atom is 0.358 e. The van der Waals surface area contributed by atoms with Gasteiger partial charge in [-0.05, 0) is 25.1 Å². The lowest BCUT2D eigenvalue weighted by Gasteiger charge is -2.03. The number of ether oxygens (including phenoxy) is 3. The third kappa shape index (κ3) is 2.59. The molecule has 1 N–H and O–H groups in total. The zero-order valence-electron chi connectivity index (χ0n) is 11.5. The van der Waals surface area contributed by atoms with Crippen molar-refractivity contribution < 1.29 is 23.8 Å². The van der Waals surface area contributed by atoms with Crippen molar-refractivity contribution in [3.05, 3.63) is 23.9 Å². The number of methoxy groups -OCH3 is 1. The van der Waals surface area contributed by atoms with Crippen molar-refractivity contribution in [2.45, 2.75) is 13.8 Å². The lowest BCUT2D eigenvalue weighted by Crippen LogP contribution is -2.06. The normalized spacial score (nSPS) is 10.3. The molecular formula is C14H15NO5. The Morgan fingerprint density at radius 2 is 2.05 bits per heavy atom. The minimum atomic E-state index is -0.491. The number of esters is 2. The van der Waals surface area contributed by atoms with Crippen molar-refractivity contribution in [1.82, 2.24) is 4.98 Å². The number of benzene rings is 1. The van der Waals surface area contributed by atoms with E-state index in [1.54, 1.807) is 25.1 Å². The molecule has 2 rings (SSSR count). The van der Waals surface area contributed by atoms with Crippen LogP contribution >= 0.6 is 0 Å². The van der Waals surface area contributed by atoms with Gasteiger partial charge in [0.15, 0.2) is 11.4 Å². The second-order valence-electron chi connectivity index (χ2n) is 4.05. The van der Waals surface area contributed by atoms with Gasteiger partial charge >= 0.3 is 11.9 Å². The van der Waals surface area contributed by atoms with Gasteiger partial charge in [-0.2, -0.15) is 0 Å². The minimum Gasteiger partial charge on any atom is -0.494 e. The Hall–Kier alpha value is -2.50. The second-order valence-corrected chi connectivity index (χ2v) is 4.05. The van der Waals surface area contributed by atoms with Crippen LogP contribution in [-0.4, -0.2) is 30.6 Å². The molecule has 0 aliphatic carbocycles. The van der Waals surface area contributed by atoms with Crippen molar-refractivity contribution in [1.29, 1.82) is 0 Å². The van der Waals surface area contributed by atoms with E-state index in [4.69, 9.17) is 14.2 Å². The van der Waals surface area contributed by atoms with Crippen LogP contribution in [0.3, 0.4) is 0 Å². The topological polar surface area (TPSA) is 77.6 Å². The molecule has 0 fully saturated rings. The molecule has 0 saturated carbocycles. The molecule has 0 aliphatic heterocycles. The Bertz CT molecular complexity index is 659. The molecular weight excluding hydrogens is 262 g/mol. The number of aromatic amines is 1. The fraction of sp³-hybridized carbons (Fsp3) is 0.286. The summed E-state index contributed by atoms with van der Waals surface area (Å²) in [6.45, 7) is 3.32. The molecule has 106 valence electrons. The average molecular weight is 277 g/mol. The van der Waals surface area contributed by atoms with Gasteiger partial charge in [-0.25, -0.2) is 4.79 Å². The summed E-state index contributed by atoms with van der Waals surface area (Å²) in [5.41, 5.74) is 0.935. The van der Waals surface area contributed by atoms with Crippen LogP contribution in [0.1, 0.15) is 24.3 Å². The number of rotatable bonds is 4. The van der Waals surface area contributed by atoms with Crippen LogP contribution in [0.2, 0.25) is 0 Å². The van der Waals surface area contributed by atoms with Crippen LogP contribution in [0.15, 0.2) is 18.2 Å². The molecule has 6 heteroatoms. The number of carbonyl (C=O) groups is 2. The first-order chi connectivity index (χ1) is 9.56. The maximum absolute atomic E-state index is 11.8. The summed E-state index contributed by atoms with van der Waals surface area (Å²) in [6.07, 6.45) is 0. The number of carbonyl (C=O) groups excluding carboxylic acids is 2. The minimum absolute atomic E-state index is 0.240. The molecule has 1 aromatic heterocycles. The SMILES string of the molecule is CCOC(=O)c1[nH]c2ccc(OC(C)=O)cc2c1OC. The summed E-state index contributed by atoms with van der Waals surface area (Å²) in [5.74, 6) is -0.149. The van der Waals surface area contributed by atoms with Crippen molar-refractivity contribution in [3.8, 4) is 11.5 Å². The highest BCUT2D eigenvalue weighted by Crippen LogP contribution is 2.33. The fourth-order valence-electron chi connectivity index (χ4n) is 1.93. The number of fused-ring (bicyclic) bond motifs is 1. The van der Waals surface area contributed by atoms with Gasteiger partial charge in [0.05, 0.1) is 19.2 Å². The Morgan fingerprint density at radius 3 is 2.65 bits per heavy atom. The zero-order chi connectivity index (χ0) is 14.7. The Balaban J connectivity index is 2.51. The van der Waals surface area contributed by atoms with Gasteiger partial charge in [-0.3, -0.25) is 4.79 Å². The Kier molecular flexibility index (Phi) is 3.93. The first kappa shape index (κ1) is 13.9. The van der Waals surface area contributed by atoms with E-state index < -0.39 is 11.9 Å². The molecule has 0 saturated heterocycles. The molecule has 0 aliphatic rings. The van der Waals surface area contributed by atoms with E-state index >= 15 is 0 Å². The van der Waals surface area contributed by atoms with Gasteiger partial charge in [-0.15, -0.1) is 0 Å². The van der Waals surface area contributed by atoms with Gasteiger partial charge in [-0.1, -0.05) is 0 Å². The van der Waals surface area contributed by atoms with E-state index in [2.05, 4.69) is 4.98 Å². The maximum atomic E-state index is 11.8. The largest absolute Gasteiger partial charge is 0.494 e. The molecule has 2 aromatic rings. The highest BCUT2D eigenvalue weighted by Gasteiger charge is 2.20. The average Bonchev–Trinajstić information content (AvgIpc) is 2.76. The third-order valence-electron chi connectivity index (χ3n) is 2.67.